The van der Waals surface area contributed by atoms with Crippen LogP contribution in [0.4, 0.5) is 5.13 Å². The first-order valence-corrected chi connectivity index (χ1v) is 7.70. The molecule has 0 saturated carbocycles. The number of esters is 1. The van der Waals surface area contributed by atoms with Crippen LogP contribution in [0, 0.1) is 0 Å². The maximum atomic E-state index is 12.0. The van der Waals surface area contributed by atoms with Crippen LogP contribution in [0.1, 0.15) is 10.4 Å². The molecule has 1 aromatic heterocycles. The van der Waals surface area contributed by atoms with Crippen LogP contribution < -0.4 is 9.64 Å². The van der Waals surface area contributed by atoms with Crippen LogP contribution >= 0.6 is 11.3 Å². The van der Waals surface area contributed by atoms with E-state index in [1.54, 1.807) is 13.2 Å². The summed E-state index contributed by atoms with van der Waals surface area (Å²) in [6.45, 7) is 0. The van der Waals surface area contributed by atoms with Crippen molar-refractivity contribution in [2.75, 3.05) is 26.1 Å². The minimum Gasteiger partial charge on any atom is -0.480 e. The molecule has 1 aliphatic heterocycles. The zero-order valence-corrected chi connectivity index (χ0v) is 13.8. The maximum Gasteiger partial charge on any atom is 0.363 e. The molecule has 0 spiro atoms. The van der Waals surface area contributed by atoms with Gasteiger partial charge >= 0.3 is 5.97 Å². The highest BCUT2D eigenvalue weighted by Gasteiger charge is 2.25. The number of rotatable bonds is 4. The molecule has 3 rings (SSSR count). The van der Waals surface area contributed by atoms with E-state index in [2.05, 4.69) is 9.98 Å². The lowest BCUT2D eigenvalue weighted by Crippen LogP contribution is -2.07. The van der Waals surface area contributed by atoms with Crippen molar-refractivity contribution in [3.63, 3.8) is 0 Å². The smallest absolute Gasteiger partial charge is 0.363 e. The van der Waals surface area contributed by atoms with Gasteiger partial charge < -0.3 is 14.4 Å². The number of carbonyl (C=O) groups excluding carboxylic acids is 1. The predicted octanol–water partition coefficient (Wildman–Crippen LogP) is 2.56. The van der Waals surface area contributed by atoms with E-state index >= 15 is 0 Å². The Morgan fingerprint density at radius 2 is 2.00 bits per heavy atom. The van der Waals surface area contributed by atoms with Crippen molar-refractivity contribution in [3.8, 4) is 5.88 Å². The zero-order chi connectivity index (χ0) is 16.4. The molecule has 0 unspecified atom stereocenters. The van der Waals surface area contributed by atoms with Crippen molar-refractivity contribution in [3.05, 3.63) is 46.5 Å². The predicted molar refractivity (Wildman–Crippen MR) is 90.0 cm³/mol. The summed E-state index contributed by atoms with van der Waals surface area (Å²) in [6.07, 6.45) is 1.64. The number of aliphatic imine (C=N–C) groups is 1. The van der Waals surface area contributed by atoms with E-state index in [4.69, 9.17) is 9.47 Å². The van der Waals surface area contributed by atoms with Gasteiger partial charge in [0, 0.05) is 19.7 Å². The Bertz CT molecular complexity index is 794. The van der Waals surface area contributed by atoms with Crippen molar-refractivity contribution >= 4 is 34.4 Å². The fraction of sp³-hybridized carbons (Fsp3) is 0.188. The lowest BCUT2D eigenvalue weighted by Gasteiger charge is -2.04. The summed E-state index contributed by atoms with van der Waals surface area (Å²) in [5.74, 6) is 0.284. The molecule has 0 bridgehead atoms. The standard InChI is InChI=1S/C16H15N3O3S/c1-19(2)16-18-14(21-3)12(23-16)9-11-15(20)22-13(17-11)10-7-5-4-6-8-10/h4-9H,1-3H3/b11-9-. The zero-order valence-electron chi connectivity index (χ0n) is 12.9. The van der Waals surface area contributed by atoms with E-state index < -0.39 is 5.97 Å². The second kappa shape index (κ2) is 6.21. The summed E-state index contributed by atoms with van der Waals surface area (Å²) in [6, 6.07) is 9.30. The molecule has 7 heteroatoms. The van der Waals surface area contributed by atoms with Crippen LogP contribution in [-0.2, 0) is 9.53 Å². The van der Waals surface area contributed by atoms with Crippen LogP contribution in [0.2, 0.25) is 0 Å². The van der Waals surface area contributed by atoms with Crippen LogP contribution in [0.5, 0.6) is 5.88 Å². The Morgan fingerprint density at radius 3 is 2.65 bits per heavy atom. The molecular weight excluding hydrogens is 314 g/mol. The quantitative estimate of drug-likeness (QED) is 0.637. The van der Waals surface area contributed by atoms with Crippen molar-refractivity contribution < 1.29 is 14.3 Å². The van der Waals surface area contributed by atoms with Crippen LogP contribution in [0.3, 0.4) is 0 Å². The van der Waals surface area contributed by atoms with E-state index in [1.165, 1.54) is 11.3 Å². The number of ether oxygens (including phenoxy) is 2. The summed E-state index contributed by atoms with van der Waals surface area (Å²) in [5, 5.41) is 0.785. The first-order chi connectivity index (χ1) is 11.1. The number of methoxy groups -OCH3 is 1. The molecule has 1 aliphatic rings. The highest BCUT2D eigenvalue weighted by Crippen LogP contribution is 2.33. The van der Waals surface area contributed by atoms with E-state index in [9.17, 15) is 4.79 Å². The summed E-state index contributed by atoms with van der Waals surface area (Å²) < 4.78 is 10.5. The largest absolute Gasteiger partial charge is 0.480 e. The number of thiazole rings is 1. The van der Waals surface area contributed by atoms with E-state index in [0.717, 1.165) is 15.6 Å². The van der Waals surface area contributed by atoms with Crippen molar-refractivity contribution in [1.29, 1.82) is 0 Å². The number of anilines is 1. The second-order valence-electron chi connectivity index (χ2n) is 4.97. The lowest BCUT2D eigenvalue weighted by atomic mass is 10.2. The van der Waals surface area contributed by atoms with Crippen LogP contribution in [0.15, 0.2) is 41.0 Å². The molecule has 0 radical (unpaired) electrons. The molecule has 6 nitrogen and oxygen atoms in total. The Hall–Kier alpha value is -2.67. The van der Waals surface area contributed by atoms with Gasteiger partial charge in [0.15, 0.2) is 10.8 Å². The SMILES string of the molecule is COc1nc(N(C)C)sc1/C=C1\N=C(c2ccccc2)OC1=O. The van der Waals surface area contributed by atoms with Crippen LogP contribution in [-0.4, -0.2) is 38.1 Å². The molecule has 2 aromatic rings. The summed E-state index contributed by atoms with van der Waals surface area (Å²) in [4.78, 5) is 23.3. The highest BCUT2D eigenvalue weighted by molar-refractivity contribution is 7.16. The van der Waals surface area contributed by atoms with Gasteiger partial charge in [-0.15, -0.1) is 0 Å². The minimum atomic E-state index is -0.481. The Balaban J connectivity index is 1.96. The van der Waals surface area contributed by atoms with Gasteiger partial charge in [0.1, 0.15) is 0 Å². The van der Waals surface area contributed by atoms with Crippen molar-refractivity contribution in [1.82, 2.24) is 4.98 Å². The molecule has 1 aromatic carbocycles. The van der Waals surface area contributed by atoms with Crippen LogP contribution in [0.25, 0.3) is 6.08 Å². The molecule has 0 amide bonds. The normalized spacial score (nSPS) is 15.5. The fourth-order valence-corrected chi connectivity index (χ4v) is 2.87. The van der Waals surface area contributed by atoms with E-state index in [-0.39, 0.29) is 5.70 Å². The average molecular weight is 329 g/mol. The summed E-state index contributed by atoms with van der Waals surface area (Å²) >= 11 is 1.41. The monoisotopic (exact) mass is 329 g/mol. The molecular formula is C16H15N3O3S. The molecule has 118 valence electrons. The Labute approximate surface area is 137 Å². The molecule has 0 atom stereocenters. The number of hydrogen-bond donors (Lipinski definition) is 0. The molecule has 0 fully saturated rings. The second-order valence-corrected chi connectivity index (χ2v) is 5.98. The molecule has 0 N–H and O–H groups in total. The first-order valence-electron chi connectivity index (χ1n) is 6.88. The molecule has 0 saturated heterocycles. The van der Waals surface area contributed by atoms with Gasteiger partial charge in [-0.05, 0) is 18.2 Å². The number of carbonyl (C=O) groups is 1. The summed E-state index contributed by atoms with van der Waals surface area (Å²) in [7, 11) is 5.33. The van der Waals surface area contributed by atoms with Crippen molar-refractivity contribution in [2.45, 2.75) is 0 Å². The third kappa shape index (κ3) is 3.09. The Kier molecular flexibility index (Phi) is 4.12. The molecule has 23 heavy (non-hydrogen) atoms. The molecule has 0 aliphatic carbocycles. The Morgan fingerprint density at radius 1 is 1.26 bits per heavy atom. The number of benzene rings is 1. The van der Waals surface area contributed by atoms with Gasteiger partial charge in [-0.25, -0.2) is 9.79 Å². The molecule has 2 heterocycles. The van der Waals surface area contributed by atoms with Gasteiger partial charge in [-0.1, -0.05) is 29.5 Å². The lowest BCUT2D eigenvalue weighted by molar-refractivity contribution is -0.129. The number of nitrogens with zero attached hydrogens (tertiary/aromatic N) is 3. The highest BCUT2D eigenvalue weighted by atomic mass is 32.1. The number of hydrogen-bond acceptors (Lipinski definition) is 7. The minimum absolute atomic E-state index is 0.233. The van der Waals surface area contributed by atoms with Gasteiger partial charge in [0.05, 0.1) is 12.0 Å². The third-order valence-corrected chi connectivity index (χ3v) is 4.25. The first kappa shape index (κ1) is 15.2. The number of cyclic esters (lactones) is 1. The van der Waals surface area contributed by atoms with Crippen molar-refractivity contribution in [2.24, 2.45) is 4.99 Å². The number of aromatic nitrogens is 1. The third-order valence-electron chi connectivity index (χ3n) is 3.09. The van der Waals surface area contributed by atoms with E-state index in [0.29, 0.717) is 11.8 Å². The van der Waals surface area contributed by atoms with Gasteiger partial charge in [0.2, 0.25) is 11.8 Å². The average Bonchev–Trinajstić information content (AvgIpc) is 3.13. The summed E-state index contributed by atoms with van der Waals surface area (Å²) in [5.41, 5.74) is 0.991. The fourth-order valence-electron chi connectivity index (χ4n) is 1.97. The van der Waals surface area contributed by atoms with E-state index in [1.807, 2.05) is 49.3 Å². The van der Waals surface area contributed by atoms with Gasteiger partial charge in [0.25, 0.3) is 0 Å². The maximum absolute atomic E-state index is 12.0. The van der Waals surface area contributed by atoms with Gasteiger partial charge in [-0.2, -0.15) is 4.98 Å². The van der Waals surface area contributed by atoms with Gasteiger partial charge in [-0.3, -0.25) is 0 Å². The topological polar surface area (TPSA) is 64.0 Å².